The van der Waals surface area contributed by atoms with E-state index in [1.54, 1.807) is 0 Å². The molecule has 0 saturated carbocycles. The highest BCUT2D eigenvalue weighted by atomic mass is 16.4. The molecule has 8 nitrogen and oxygen atoms in total. The first kappa shape index (κ1) is 50.7. The first-order valence-electron chi connectivity index (χ1n) is 19.0. The molecule has 0 amide bonds. The van der Waals surface area contributed by atoms with Crippen LogP contribution in [0.3, 0.4) is 0 Å². The lowest BCUT2D eigenvalue weighted by molar-refractivity contribution is -0.138. The van der Waals surface area contributed by atoms with Crippen molar-refractivity contribution in [2.75, 3.05) is 0 Å². The zero-order chi connectivity index (χ0) is 35.5. The van der Waals surface area contributed by atoms with Crippen molar-refractivity contribution < 1.29 is 39.6 Å². The van der Waals surface area contributed by atoms with Gasteiger partial charge in [0, 0.05) is 25.7 Å². The van der Waals surface area contributed by atoms with E-state index in [9.17, 15) is 19.2 Å². The molecule has 0 fully saturated rings. The fraction of sp³-hybridized carbons (Fsp3) is 0.895. The normalized spacial score (nSPS) is 10.0. The molecule has 0 aromatic rings. The average Bonchev–Trinajstić information content (AvgIpc) is 3.00. The monoisotopic (exact) mass is 661 g/mol. The number of carbonyl (C=O) groups is 4. The lowest BCUT2D eigenvalue weighted by atomic mass is 10.1. The summed E-state index contributed by atoms with van der Waals surface area (Å²) < 4.78 is 0. The summed E-state index contributed by atoms with van der Waals surface area (Å²) >= 11 is 0. The molecule has 0 unspecified atom stereocenters. The van der Waals surface area contributed by atoms with Crippen LogP contribution in [0.1, 0.15) is 220 Å². The number of carboxylic acid groups (broad SMARTS) is 4. The Balaban J connectivity index is -0.000000257. The third kappa shape index (κ3) is 68.9. The van der Waals surface area contributed by atoms with E-state index in [1.165, 1.54) is 116 Å². The zero-order valence-electron chi connectivity index (χ0n) is 30.6. The van der Waals surface area contributed by atoms with E-state index in [1.807, 2.05) is 0 Å². The summed E-state index contributed by atoms with van der Waals surface area (Å²) in [7, 11) is 0. The smallest absolute Gasteiger partial charge is 0.303 e. The summed E-state index contributed by atoms with van der Waals surface area (Å²) in [5.41, 5.74) is 0. The first-order valence-corrected chi connectivity index (χ1v) is 19.0. The number of rotatable bonds is 30. The van der Waals surface area contributed by atoms with Gasteiger partial charge in [-0.15, -0.1) is 0 Å². The minimum atomic E-state index is -0.670. The molecule has 8 heteroatoms. The maximum absolute atomic E-state index is 10.2. The van der Waals surface area contributed by atoms with Crippen LogP contribution in [-0.2, 0) is 19.2 Å². The zero-order valence-corrected chi connectivity index (χ0v) is 30.6. The van der Waals surface area contributed by atoms with Crippen molar-refractivity contribution in [1.82, 2.24) is 0 Å². The second-order valence-electron chi connectivity index (χ2n) is 12.4. The molecule has 0 aromatic carbocycles. The summed E-state index contributed by atoms with van der Waals surface area (Å²) in [6.07, 6.45) is 31.8. The highest BCUT2D eigenvalue weighted by Gasteiger charge is 1.98. The van der Waals surface area contributed by atoms with Gasteiger partial charge in [-0.1, -0.05) is 169 Å². The van der Waals surface area contributed by atoms with E-state index in [2.05, 4.69) is 27.7 Å². The Labute approximate surface area is 283 Å². The van der Waals surface area contributed by atoms with Crippen molar-refractivity contribution in [2.45, 2.75) is 220 Å². The minimum absolute atomic E-state index is 0.337. The summed E-state index contributed by atoms with van der Waals surface area (Å²) in [6, 6.07) is 0. The predicted molar refractivity (Wildman–Crippen MR) is 192 cm³/mol. The van der Waals surface area contributed by atoms with Crippen molar-refractivity contribution in [2.24, 2.45) is 0 Å². The van der Waals surface area contributed by atoms with Crippen molar-refractivity contribution in [1.29, 1.82) is 0 Å². The maximum atomic E-state index is 10.2. The molecule has 0 radical (unpaired) electrons. The molecule has 0 rings (SSSR count). The molecule has 0 aliphatic carbocycles. The Kier molecular flexibility index (Phi) is 52.2. The first-order chi connectivity index (χ1) is 22.1. The van der Waals surface area contributed by atoms with Crippen molar-refractivity contribution in [3.63, 3.8) is 0 Å². The SMILES string of the molecule is CCCCCCCC(=O)O.CCCCCCCCC(=O)O.CCCCCCCCCC(=O)O.CCCCCCCCCCC(=O)O. The Hall–Kier alpha value is -2.12. The third-order valence-electron chi connectivity index (χ3n) is 7.48. The van der Waals surface area contributed by atoms with Crippen LogP contribution < -0.4 is 0 Å². The fourth-order valence-corrected chi connectivity index (χ4v) is 4.58. The van der Waals surface area contributed by atoms with Crippen LogP contribution in [0.15, 0.2) is 0 Å². The van der Waals surface area contributed by atoms with E-state index >= 15 is 0 Å². The van der Waals surface area contributed by atoms with Gasteiger partial charge >= 0.3 is 23.9 Å². The molecule has 0 aliphatic heterocycles. The molecule has 46 heavy (non-hydrogen) atoms. The van der Waals surface area contributed by atoms with Gasteiger partial charge in [0.1, 0.15) is 0 Å². The van der Waals surface area contributed by atoms with Gasteiger partial charge in [0.05, 0.1) is 0 Å². The standard InChI is InChI=1S/C11H22O2.C10H20O2.C9H18O2.C8H16O2/c1-2-3-4-5-6-7-8-9-10-11(12)13;1-2-3-4-5-6-7-8-9-10(11)12;1-2-3-4-5-6-7-8-9(10)11;1-2-3-4-5-6-7-8(9)10/h2-10H2,1H3,(H,12,13);2-9H2,1H3,(H,11,12);2-8H2,1H3,(H,10,11);2-7H2,1H3,(H,9,10). The van der Waals surface area contributed by atoms with E-state index < -0.39 is 23.9 Å². The number of unbranched alkanes of at least 4 members (excludes halogenated alkanes) is 22. The molecule has 0 saturated heterocycles. The van der Waals surface area contributed by atoms with Crippen molar-refractivity contribution in [3.8, 4) is 0 Å². The average molecular weight is 661 g/mol. The Morgan fingerprint density at radius 2 is 0.391 bits per heavy atom. The molecule has 0 heterocycles. The molecule has 0 aromatic heterocycles. The van der Waals surface area contributed by atoms with Crippen LogP contribution in [0.5, 0.6) is 0 Å². The van der Waals surface area contributed by atoms with Crippen LogP contribution in [0.25, 0.3) is 0 Å². The van der Waals surface area contributed by atoms with Gasteiger partial charge in [0.25, 0.3) is 0 Å². The van der Waals surface area contributed by atoms with Crippen LogP contribution in [0, 0.1) is 0 Å². The molecule has 0 bridgehead atoms. The Morgan fingerprint density at radius 3 is 0.522 bits per heavy atom. The van der Waals surface area contributed by atoms with Crippen LogP contribution in [-0.4, -0.2) is 44.3 Å². The quantitative estimate of drug-likeness (QED) is 0.0556. The van der Waals surface area contributed by atoms with Crippen LogP contribution >= 0.6 is 0 Å². The summed E-state index contributed by atoms with van der Waals surface area (Å²) in [5, 5.41) is 33.3. The largest absolute Gasteiger partial charge is 0.481 e. The Morgan fingerprint density at radius 1 is 0.261 bits per heavy atom. The molecule has 0 spiro atoms. The predicted octanol–water partition coefficient (Wildman–Crippen LogP) is 12.1. The van der Waals surface area contributed by atoms with E-state index in [4.69, 9.17) is 20.4 Å². The topological polar surface area (TPSA) is 149 Å². The summed E-state index contributed by atoms with van der Waals surface area (Å²) in [6.45, 7) is 8.74. The molecule has 276 valence electrons. The Bertz CT molecular complexity index is 636. The minimum Gasteiger partial charge on any atom is -0.481 e. The maximum Gasteiger partial charge on any atom is 0.303 e. The second-order valence-corrected chi connectivity index (χ2v) is 12.4. The number of carboxylic acids is 4. The summed E-state index contributed by atoms with van der Waals surface area (Å²) in [5.74, 6) is -2.66. The molecule has 4 N–H and O–H groups in total. The summed E-state index contributed by atoms with van der Waals surface area (Å²) in [4.78, 5) is 40.4. The van der Waals surface area contributed by atoms with Crippen LogP contribution in [0.2, 0.25) is 0 Å². The molecule has 0 aliphatic rings. The van der Waals surface area contributed by atoms with Gasteiger partial charge in [0.15, 0.2) is 0 Å². The van der Waals surface area contributed by atoms with Gasteiger partial charge < -0.3 is 20.4 Å². The molecular weight excluding hydrogens is 584 g/mol. The lowest BCUT2D eigenvalue weighted by Gasteiger charge is -1.99. The van der Waals surface area contributed by atoms with E-state index in [0.717, 1.165) is 51.4 Å². The molecule has 0 atom stereocenters. The van der Waals surface area contributed by atoms with E-state index in [0.29, 0.717) is 25.7 Å². The van der Waals surface area contributed by atoms with Gasteiger partial charge in [-0.05, 0) is 25.7 Å². The van der Waals surface area contributed by atoms with Crippen LogP contribution in [0.4, 0.5) is 0 Å². The van der Waals surface area contributed by atoms with Gasteiger partial charge in [-0.2, -0.15) is 0 Å². The van der Waals surface area contributed by atoms with Gasteiger partial charge in [0.2, 0.25) is 0 Å². The third-order valence-corrected chi connectivity index (χ3v) is 7.48. The van der Waals surface area contributed by atoms with Gasteiger partial charge in [-0.25, -0.2) is 0 Å². The number of aliphatic carboxylic acids is 4. The lowest BCUT2D eigenvalue weighted by Crippen LogP contribution is -1.93. The van der Waals surface area contributed by atoms with Crippen molar-refractivity contribution >= 4 is 23.9 Å². The van der Waals surface area contributed by atoms with Gasteiger partial charge in [-0.3, -0.25) is 19.2 Å². The molecular formula is C38H76O8. The highest BCUT2D eigenvalue weighted by Crippen LogP contribution is 2.10. The number of hydrogen-bond donors (Lipinski definition) is 4. The van der Waals surface area contributed by atoms with Crippen molar-refractivity contribution in [3.05, 3.63) is 0 Å². The fourth-order valence-electron chi connectivity index (χ4n) is 4.58. The second kappa shape index (κ2) is 47.3. The number of hydrogen-bond acceptors (Lipinski definition) is 4. The highest BCUT2D eigenvalue weighted by molar-refractivity contribution is 5.67. The van der Waals surface area contributed by atoms with E-state index in [-0.39, 0.29) is 0 Å².